The van der Waals surface area contributed by atoms with E-state index >= 15 is 0 Å². The standard InChI is InChI=1S/C29H28F2N2O4/c1-4-25(33-29(36)28-17(3)24-15-20(30)7-9-26(24)32-28)19-12-21(31)14-23(13-19)37-22-8-5-18(16(2)11-22)6-10-27(34)35/h5,7-9,11-15,25,32H,4,6,10H2,1-3H3,(H,33,36)(H,34,35)/t25-/m1/s1. The molecule has 0 fully saturated rings. The highest BCUT2D eigenvalue weighted by Gasteiger charge is 2.20. The Bertz CT molecular complexity index is 1480. The molecule has 0 aliphatic rings. The van der Waals surface area contributed by atoms with E-state index in [1.165, 1.54) is 24.3 Å². The van der Waals surface area contributed by atoms with Gasteiger partial charge in [0.15, 0.2) is 0 Å². The second kappa shape index (κ2) is 10.8. The van der Waals surface area contributed by atoms with Crippen molar-refractivity contribution in [2.24, 2.45) is 0 Å². The largest absolute Gasteiger partial charge is 0.481 e. The van der Waals surface area contributed by atoms with E-state index in [4.69, 9.17) is 9.84 Å². The first-order valence-electron chi connectivity index (χ1n) is 12.0. The molecule has 4 rings (SSSR count). The Hall–Kier alpha value is -4.20. The molecule has 192 valence electrons. The van der Waals surface area contributed by atoms with Crippen molar-refractivity contribution in [1.82, 2.24) is 10.3 Å². The van der Waals surface area contributed by atoms with Crippen molar-refractivity contribution in [2.45, 2.75) is 46.1 Å². The normalized spacial score (nSPS) is 11.9. The summed E-state index contributed by atoms with van der Waals surface area (Å²) in [5, 5.41) is 12.5. The van der Waals surface area contributed by atoms with E-state index in [1.54, 1.807) is 37.3 Å². The molecule has 0 unspecified atom stereocenters. The molecular weight excluding hydrogens is 478 g/mol. The van der Waals surface area contributed by atoms with Gasteiger partial charge < -0.3 is 20.1 Å². The minimum absolute atomic E-state index is 0.0351. The number of aryl methyl sites for hydroxylation is 3. The lowest BCUT2D eigenvalue weighted by Crippen LogP contribution is -2.29. The maximum atomic E-state index is 14.6. The van der Waals surface area contributed by atoms with Crippen molar-refractivity contribution in [1.29, 1.82) is 0 Å². The summed E-state index contributed by atoms with van der Waals surface area (Å²) in [6.45, 7) is 5.49. The van der Waals surface area contributed by atoms with Crippen molar-refractivity contribution in [3.8, 4) is 11.5 Å². The number of carbonyl (C=O) groups excluding carboxylic acids is 1. The number of aliphatic carboxylic acids is 1. The maximum Gasteiger partial charge on any atom is 0.303 e. The van der Waals surface area contributed by atoms with Crippen molar-refractivity contribution in [2.75, 3.05) is 0 Å². The van der Waals surface area contributed by atoms with Crippen LogP contribution in [0.15, 0.2) is 54.6 Å². The first-order chi connectivity index (χ1) is 17.6. The molecule has 8 heteroatoms. The van der Waals surface area contributed by atoms with E-state index < -0.39 is 17.8 Å². The summed E-state index contributed by atoms with van der Waals surface area (Å²) in [6.07, 6.45) is 0.946. The Morgan fingerprint density at radius 2 is 1.78 bits per heavy atom. The second-order valence-corrected chi connectivity index (χ2v) is 9.05. The van der Waals surface area contributed by atoms with Crippen LogP contribution in [0.5, 0.6) is 11.5 Å². The number of carbonyl (C=O) groups is 2. The molecule has 1 heterocycles. The first kappa shape index (κ1) is 25.9. The number of hydrogen-bond acceptors (Lipinski definition) is 3. The van der Waals surface area contributed by atoms with E-state index in [-0.39, 0.29) is 23.9 Å². The summed E-state index contributed by atoms with van der Waals surface area (Å²) in [5.41, 5.74) is 3.93. The lowest BCUT2D eigenvalue weighted by Gasteiger charge is -2.19. The topological polar surface area (TPSA) is 91.4 Å². The van der Waals surface area contributed by atoms with Gasteiger partial charge in [-0.2, -0.15) is 0 Å². The van der Waals surface area contributed by atoms with Crippen LogP contribution in [0, 0.1) is 25.5 Å². The number of amides is 1. The summed E-state index contributed by atoms with van der Waals surface area (Å²) in [6, 6.07) is 13.4. The van der Waals surface area contributed by atoms with Gasteiger partial charge in [0.05, 0.1) is 6.04 Å². The SMILES string of the molecule is CC[C@@H](NC(=O)c1[nH]c2ccc(F)cc2c1C)c1cc(F)cc(Oc2ccc(CCC(=O)O)c(C)c2)c1. The molecule has 0 saturated heterocycles. The molecule has 1 amide bonds. The highest BCUT2D eigenvalue weighted by atomic mass is 19.1. The van der Waals surface area contributed by atoms with Crippen LogP contribution >= 0.6 is 0 Å². The van der Waals surface area contributed by atoms with Crippen LogP contribution in [0.4, 0.5) is 8.78 Å². The number of H-pyrrole nitrogens is 1. The zero-order chi connectivity index (χ0) is 26.7. The summed E-state index contributed by atoms with van der Waals surface area (Å²) in [4.78, 5) is 27.0. The Morgan fingerprint density at radius 1 is 1.00 bits per heavy atom. The van der Waals surface area contributed by atoms with E-state index in [1.807, 2.05) is 13.8 Å². The van der Waals surface area contributed by atoms with Crippen LogP contribution in [0.2, 0.25) is 0 Å². The average molecular weight is 507 g/mol. The predicted molar refractivity (Wildman–Crippen MR) is 137 cm³/mol. The fraction of sp³-hybridized carbons (Fsp3) is 0.241. The molecule has 0 spiro atoms. The summed E-state index contributed by atoms with van der Waals surface area (Å²) >= 11 is 0. The van der Waals surface area contributed by atoms with Crippen LogP contribution in [0.3, 0.4) is 0 Å². The van der Waals surface area contributed by atoms with Gasteiger partial charge >= 0.3 is 5.97 Å². The van der Waals surface area contributed by atoms with Crippen LogP contribution in [0.25, 0.3) is 10.9 Å². The molecule has 37 heavy (non-hydrogen) atoms. The van der Waals surface area contributed by atoms with E-state index in [2.05, 4.69) is 10.3 Å². The van der Waals surface area contributed by atoms with E-state index in [0.29, 0.717) is 46.3 Å². The van der Waals surface area contributed by atoms with Gasteiger partial charge in [0.2, 0.25) is 0 Å². The van der Waals surface area contributed by atoms with Gasteiger partial charge in [-0.05, 0) is 91.4 Å². The Morgan fingerprint density at radius 3 is 2.49 bits per heavy atom. The Kier molecular flexibility index (Phi) is 7.57. The fourth-order valence-corrected chi connectivity index (χ4v) is 4.41. The number of benzene rings is 3. The molecule has 0 bridgehead atoms. The van der Waals surface area contributed by atoms with Gasteiger partial charge in [-0.15, -0.1) is 0 Å². The van der Waals surface area contributed by atoms with Crippen LogP contribution in [-0.2, 0) is 11.2 Å². The maximum absolute atomic E-state index is 14.6. The molecule has 0 aliphatic heterocycles. The molecule has 3 aromatic carbocycles. The van der Waals surface area contributed by atoms with Crippen LogP contribution < -0.4 is 10.1 Å². The number of aromatic amines is 1. The van der Waals surface area contributed by atoms with E-state index in [0.717, 1.165) is 11.1 Å². The number of fused-ring (bicyclic) bond motifs is 1. The minimum atomic E-state index is -0.863. The Labute approximate surface area is 213 Å². The fourth-order valence-electron chi connectivity index (χ4n) is 4.41. The number of rotatable bonds is 9. The molecule has 4 aromatic rings. The second-order valence-electron chi connectivity index (χ2n) is 9.05. The van der Waals surface area contributed by atoms with Crippen molar-refractivity contribution in [3.05, 3.63) is 94.2 Å². The number of aromatic nitrogens is 1. The highest BCUT2D eigenvalue weighted by Crippen LogP contribution is 2.30. The third kappa shape index (κ3) is 5.97. The quantitative estimate of drug-likeness (QED) is 0.234. The van der Waals surface area contributed by atoms with Crippen LogP contribution in [-0.4, -0.2) is 22.0 Å². The zero-order valence-corrected chi connectivity index (χ0v) is 20.8. The first-order valence-corrected chi connectivity index (χ1v) is 12.0. The predicted octanol–water partition coefficient (Wildman–Crippen LogP) is 6.75. The van der Waals surface area contributed by atoms with Crippen molar-refractivity contribution in [3.63, 3.8) is 0 Å². The van der Waals surface area contributed by atoms with Gasteiger partial charge in [0.25, 0.3) is 5.91 Å². The van der Waals surface area contributed by atoms with Gasteiger partial charge in [-0.3, -0.25) is 9.59 Å². The number of carboxylic acid groups (broad SMARTS) is 1. The third-order valence-corrected chi connectivity index (χ3v) is 6.41. The molecule has 0 saturated carbocycles. The van der Waals surface area contributed by atoms with Gasteiger partial charge in [0, 0.05) is 23.4 Å². The summed E-state index contributed by atoms with van der Waals surface area (Å²) in [7, 11) is 0. The lowest BCUT2D eigenvalue weighted by atomic mass is 10.0. The van der Waals surface area contributed by atoms with Crippen LogP contribution in [0.1, 0.15) is 58.5 Å². The lowest BCUT2D eigenvalue weighted by molar-refractivity contribution is -0.136. The monoisotopic (exact) mass is 506 g/mol. The van der Waals surface area contributed by atoms with Crippen molar-refractivity contribution < 1.29 is 28.2 Å². The van der Waals surface area contributed by atoms with E-state index in [9.17, 15) is 18.4 Å². The molecular formula is C29H28F2N2O4. The van der Waals surface area contributed by atoms with Gasteiger partial charge in [-0.1, -0.05) is 13.0 Å². The van der Waals surface area contributed by atoms with Crippen molar-refractivity contribution >= 4 is 22.8 Å². The van der Waals surface area contributed by atoms with Gasteiger partial charge in [0.1, 0.15) is 28.8 Å². The number of ether oxygens (including phenoxy) is 1. The smallest absolute Gasteiger partial charge is 0.303 e. The molecule has 0 aliphatic carbocycles. The Balaban J connectivity index is 1.53. The molecule has 0 radical (unpaired) electrons. The van der Waals surface area contributed by atoms with Gasteiger partial charge in [-0.25, -0.2) is 8.78 Å². The number of halogens is 2. The third-order valence-electron chi connectivity index (χ3n) is 6.41. The summed E-state index contributed by atoms with van der Waals surface area (Å²) in [5.74, 6) is -1.36. The molecule has 1 atom stereocenters. The number of carboxylic acids is 1. The molecule has 1 aromatic heterocycles. The average Bonchev–Trinajstić information content (AvgIpc) is 3.17. The zero-order valence-electron chi connectivity index (χ0n) is 20.8. The minimum Gasteiger partial charge on any atom is -0.481 e. The molecule has 6 nitrogen and oxygen atoms in total. The highest BCUT2D eigenvalue weighted by molar-refractivity contribution is 6.01. The molecule has 3 N–H and O–H groups in total. The number of hydrogen-bond donors (Lipinski definition) is 3. The summed E-state index contributed by atoms with van der Waals surface area (Å²) < 4.78 is 34.1. The number of nitrogens with one attached hydrogen (secondary N) is 2.